The van der Waals surface area contributed by atoms with Gasteiger partial charge in [-0.2, -0.15) is 0 Å². The summed E-state index contributed by atoms with van der Waals surface area (Å²) in [6.45, 7) is 1.49. The van der Waals surface area contributed by atoms with Crippen molar-refractivity contribution in [3.05, 3.63) is 27.2 Å². The van der Waals surface area contributed by atoms with E-state index in [1.165, 1.54) is 19.1 Å². The Hall–Kier alpha value is -0.640. The molecule has 0 fully saturated rings. The molecule has 15 heavy (non-hydrogen) atoms. The second kappa shape index (κ2) is 4.92. The van der Waals surface area contributed by atoms with Gasteiger partial charge in [-0.25, -0.2) is 0 Å². The standard InChI is InChI=1S/C9H8Cl3NO2/c1-4(9(14)15)13-8-6(11)2-5(10)3-7(8)12/h2-4,13H,1H3,(H,14,15). The number of hydrogen-bond acceptors (Lipinski definition) is 2. The van der Waals surface area contributed by atoms with Gasteiger partial charge in [0, 0.05) is 5.02 Å². The van der Waals surface area contributed by atoms with Crippen LogP contribution in [0.4, 0.5) is 5.69 Å². The second-order valence-electron chi connectivity index (χ2n) is 2.95. The predicted octanol–water partition coefficient (Wildman–Crippen LogP) is 3.53. The van der Waals surface area contributed by atoms with Crippen LogP contribution in [-0.2, 0) is 4.79 Å². The smallest absolute Gasteiger partial charge is 0.325 e. The summed E-state index contributed by atoms with van der Waals surface area (Å²) in [6, 6.07) is 2.21. The summed E-state index contributed by atoms with van der Waals surface area (Å²) in [5.74, 6) is -0.989. The summed E-state index contributed by atoms with van der Waals surface area (Å²) in [5, 5.41) is 12.4. The molecule has 0 heterocycles. The van der Waals surface area contributed by atoms with Gasteiger partial charge in [-0.05, 0) is 19.1 Å². The zero-order valence-electron chi connectivity index (χ0n) is 7.72. The molecule has 1 aromatic carbocycles. The molecule has 1 rings (SSSR count). The van der Waals surface area contributed by atoms with Gasteiger partial charge in [0.05, 0.1) is 15.7 Å². The van der Waals surface area contributed by atoms with Crippen molar-refractivity contribution in [2.75, 3.05) is 5.32 Å². The number of aliphatic carboxylic acids is 1. The van der Waals surface area contributed by atoms with Crippen LogP contribution in [0.15, 0.2) is 12.1 Å². The van der Waals surface area contributed by atoms with E-state index in [9.17, 15) is 4.79 Å². The molecule has 0 aliphatic carbocycles. The van der Waals surface area contributed by atoms with Gasteiger partial charge in [-0.15, -0.1) is 0 Å². The molecular formula is C9H8Cl3NO2. The van der Waals surface area contributed by atoms with E-state index in [1.54, 1.807) is 0 Å². The molecule has 1 atom stereocenters. The summed E-state index contributed by atoms with van der Waals surface area (Å²) in [7, 11) is 0. The number of halogens is 3. The molecule has 0 bridgehead atoms. The molecule has 0 saturated carbocycles. The SMILES string of the molecule is CC(Nc1c(Cl)cc(Cl)cc1Cl)C(=O)O. The Labute approximate surface area is 102 Å². The molecule has 0 aliphatic rings. The highest BCUT2D eigenvalue weighted by atomic mass is 35.5. The summed E-state index contributed by atoms with van der Waals surface area (Å²) in [5.41, 5.74) is 0.373. The molecule has 0 saturated heterocycles. The van der Waals surface area contributed by atoms with Gasteiger partial charge in [0.15, 0.2) is 0 Å². The molecular weight excluding hydrogens is 260 g/mol. The zero-order chi connectivity index (χ0) is 11.6. The molecule has 3 nitrogen and oxygen atoms in total. The normalized spacial score (nSPS) is 12.3. The lowest BCUT2D eigenvalue weighted by Gasteiger charge is -2.14. The average Bonchev–Trinajstić information content (AvgIpc) is 2.10. The maximum atomic E-state index is 10.6. The molecule has 82 valence electrons. The first-order valence-electron chi connectivity index (χ1n) is 4.05. The maximum absolute atomic E-state index is 10.6. The van der Waals surface area contributed by atoms with E-state index in [2.05, 4.69) is 5.32 Å². The summed E-state index contributed by atoms with van der Waals surface area (Å²) >= 11 is 17.4. The van der Waals surface area contributed by atoms with Gasteiger partial charge >= 0.3 is 5.97 Å². The lowest BCUT2D eigenvalue weighted by molar-refractivity contribution is -0.137. The van der Waals surface area contributed by atoms with Crippen molar-refractivity contribution in [1.82, 2.24) is 0 Å². The summed E-state index contributed by atoms with van der Waals surface area (Å²) in [6.07, 6.45) is 0. The number of carboxylic acids is 1. The van der Waals surface area contributed by atoms with Crippen molar-refractivity contribution >= 4 is 46.5 Å². The number of carboxylic acid groups (broad SMARTS) is 1. The van der Waals surface area contributed by atoms with E-state index >= 15 is 0 Å². The van der Waals surface area contributed by atoms with E-state index in [0.29, 0.717) is 20.8 Å². The van der Waals surface area contributed by atoms with Crippen LogP contribution in [-0.4, -0.2) is 17.1 Å². The maximum Gasteiger partial charge on any atom is 0.325 e. The van der Waals surface area contributed by atoms with Crippen LogP contribution in [0.1, 0.15) is 6.92 Å². The Bertz CT molecular complexity index is 372. The molecule has 6 heteroatoms. The van der Waals surface area contributed by atoms with Gasteiger partial charge in [0.2, 0.25) is 0 Å². The van der Waals surface area contributed by atoms with Crippen molar-refractivity contribution < 1.29 is 9.90 Å². The quantitative estimate of drug-likeness (QED) is 0.881. The Kier molecular flexibility index (Phi) is 4.08. The first kappa shape index (κ1) is 12.4. The van der Waals surface area contributed by atoms with Crippen LogP contribution in [0.25, 0.3) is 0 Å². The van der Waals surface area contributed by atoms with Gasteiger partial charge < -0.3 is 10.4 Å². The highest BCUT2D eigenvalue weighted by molar-refractivity contribution is 6.41. The molecule has 0 spiro atoms. The number of rotatable bonds is 3. The van der Waals surface area contributed by atoms with E-state index in [4.69, 9.17) is 39.9 Å². The van der Waals surface area contributed by atoms with Crippen LogP contribution in [0.2, 0.25) is 15.1 Å². The molecule has 0 aliphatic heterocycles. The number of benzene rings is 1. The van der Waals surface area contributed by atoms with Crippen molar-refractivity contribution in [1.29, 1.82) is 0 Å². The second-order valence-corrected chi connectivity index (χ2v) is 4.20. The largest absolute Gasteiger partial charge is 0.480 e. The average molecular weight is 269 g/mol. The number of hydrogen-bond donors (Lipinski definition) is 2. The monoisotopic (exact) mass is 267 g/mol. The topological polar surface area (TPSA) is 49.3 Å². The predicted molar refractivity (Wildman–Crippen MR) is 62.2 cm³/mol. The van der Waals surface area contributed by atoms with Crippen LogP contribution >= 0.6 is 34.8 Å². The van der Waals surface area contributed by atoms with E-state index < -0.39 is 12.0 Å². The van der Waals surface area contributed by atoms with E-state index in [1.807, 2.05) is 0 Å². The zero-order valence-corrected chi connectivity index (χ0v) is 9.99. The van der Waals surface area contributed by atoms with Crippen LogP contribution < -0.4 is 5.32 Å². The third-order valence-electron chi connectivity index (χ3n) is 1.74. The van der Waals surface area contributed by atoms with E-state index in [-0.39, 0.29) is 0 Å². The summed E-state index contributed by atoms with van der Waals surface area (Å²) < 4.78 is 0. The minimum absolute atomic E-state index is 0.292. The van der Waals surface area contributed by atoms with Gasteiger partial charge in [0.1, 0.15) is 6.04 Å². The summed E-state index contributed by atoms with van der Waals surface area (Å²) in [4.78, 5) is 10.6. The number of carbonyl (C=O) groups is 1. The van der Waals surface area contributed by atoms with Crippen molar-refractivity contribution in [2.45, 2.75) is 13.0 Å². The van der Waals surface area contributed by atoms with Gasteiger partial charge in [0.25, 0.3) is 0 Å². The van der Waals surface area contributed by atoms with Crippen LogP contribution in [0.3, 0.4) is 0 Å². The highest BCUT2D eigenvalue weighted by Gasteiger charge is 2.14. The minimum Gasteiger partial charge on any atom is -0.480 e. The van der Waals surface area contributed by atoms with Gasteiger partial charge in [-0.3, -0.25) is 4.79 Å². The van der Waals surface area contributed by atoms with Crippen molar-refractivity contribution in [2.24, 2.45) is 0 Å². The van der Waals surface area contributed by atoms with Gasteiger partial charge in [-0.1, -0.05) is 34.8 Å². The lowest BCUT2D eigenvalue weighted by atomic mass is 10.2. The molecule has 0 aromatic heterocycles. The molecule has 0 amide bonds. The number of nitrogens with one attached hydrogen (secondary N) is 1. The first-order valence-corrected chi connectivity index (χ1v) is 5.19. The fourth-order valence-electron chi connectivity index (χ4n) is 0.958. The third-order valence-corrected chi connectivity index (χ3v) is 2.55. The highest BCUT2D eigenvalue weighted by Crippen LogP contribution is 2.33. The fraction of sp³-hybridized carbons (Fsp3) is 0.222. The fourth-order valence-corrected chi connectivity index (χ4v) is 1.88. The Morgan fingerprint density at radius 1 is 1.33 bits per heavy atom. The van der Waals surface area contributed by atoms with E-state index in [0.717, 1.165) is 0 Å². The Morgan fingerprint density at radius 2 is 1.80 bits per heavy atom. The molecule has 2 N–H and O–H groups in total. The van der Waals surface area contributed by atoms with Crippen LogP contribution in [0.5, 0.6) is 0 Å². The van der Waals surface area contributed by atoms with Crippen molar-refractivity contribution in [3.8, 4) is 0 Å². The Morgan fingerprint density at radius 3 is 2.20 bits per heavy atom. The number of anilines is 1. The van der Waals surface area contributed by atoms with Crippen molar-refractivity contribution in [3.63, 3.8) is 0 Å². The molecule has 1 aromatic rings. The first-order chi connectivity index (χ1) is 6.91. The lowest BCUT2D eigenvalue weighted by Crippen LogP contribution is -2.25. The Balaban J connectivity index is 3.00. The molecule has 0 radical (unpaired) electrons. The molecule has 1 unspecified atom stereocenters. The van der Waals surface area contributed by atoms with Crippen LogP contribution in [0, 0.1) is 0 Å². The minimum atomic E-state index is -0.989. The third kappa shape index (κ3) is 3.16.